The summed E-state index contributed by atoms with van der Waals surface area (Å²) in [4.78, 5) is 0. The maximum absolute atomic E-state index is 5.62. The van der Waals surface area contributed by atoms with E-state index in [1.54, 1.807) is 11.3 Å². The minimum atomic E-state index is 0.182. The van der Waals surface area contributed by atoms with Crippen molar-refractivity contribution in [2.45, 2.75) is 13.0 Å². The first-order chi connectivity index (χ1) is 10.3. The van der Waals surface area contributed by atoms with Gasteiger partial charge in [0.2, 0.25) is 0 Å². The lowest BCUT2D eigenvalue weighted by Gasteiger charge is -2.17. The van der Waals surface area contributed by atoms with Crippen LogP contribution in [0.4, 0.5) is 0 Å². The summed E-state index contributed by atoms with van der Waals surface area (Å²) in [6.45, 7) is 2.70. The molecule has 0 aliphatic heterocycles. The normalized spacial score (nSPS) is 12.5. The van der Waals surface area contributed by atoms with E-state index in [4.69, 9.17) is 4.74 Å². The number of hydrogen-bond donors (Lipinski definition) is 1. The Hall–Kier alpha value is -1.84. The molecule has 108 valence electrons. The Morgan fingerprint density at radius 3 is 2.81 bits per heavy atom. The molecule has 0 amide bonds. The van der Waals surface area contributed by atoms with Crippen LogP contribution in [0.3, 0.4) is 0 Å². The smallest absolute Gasteiger partial charge is 0.119 e. The third-order valence-corrected chi connectivity index (χ3v) is 4.59. The number of ether oxygens (including phenoxy) is 1. The van der Waals surface area contributed by atoms with Gasteiger partial charge in [-0.25, -0.2) is 0 Å². The zero-order valence-corrected chi connectivity index (χ0v) is 13.1. The molecule has 3 heteroatoms. The molecule has 0 radical (unpaired) electrons. The molecule has 0 fully saturated rings. The Kier molecular flexibility index (Phi) is 4.23. The van der Waals surface area contributed by atoms with Crippen molar-refractivity contribution in [3.05, 3.63) is 65.0 Å². The van der Waals surface area contributed by atoms with E-state index in [-0.39, 0.29) is 6.04 Å². The van der Waals surface area contributed by atoms with Crippen LogP contribution in [0.1, 0.15) is 24.1 Å². The first-order valence-electron chi connectivity index (χ1n) is 7.19. The molecule has 3 aromatic rings. The van der Waals surface area contributed by atoms with Crippen LogP contribution in [0.5, 0.6) is 5.75 Å². The topological polar surface area (TPSA) is 21.3 Å². The molecule has 0 saturated carbocycles. The van der Waals surface area contributed by atoms with Gasteiger partial charge in [0.1, 0.15) is 5.75 Å². The predicted octanol–water partition coefficient (Wildman–Crippen LogP) is 4.61. The number of hydrogen-bond acceptors (Lipinski definition) is 3. The van der Waals surface area contributed by atoms with Gasteiger partial charge >= 0.3 is 0 Å². The van der Waals surface area contributed by atoms with Crippen LogP contribution in [0.2, 0.25) is 0 Å². The fourth-order valence-corrected chi connectivity index (χ4v) is 3.66. The zero-order valence-electron chi connectivity index (χ0n) is 12.3. The van der Waals surface area contributed by atoms with E-state index >= 15 is 0 Å². The SMILES string of the molecule is CCOc1cccc(C(NC)c2csc3ccccc23)c1. The average Bonchev–Trinajstić information content (AvgIpc) is 2.93. The molecule has 0 spiro atoms. The standard InChI is InChI=1S/C18H19NOS/c1-3-20-14-8-6-7-13(11-14)18(19-2)16-12-21-17-10-5-4-9-15(16)17/h4-12,18-19H,3H2,1-2H3. The van der Waals surface area contributed by atoms with Crippen molar-refractivity contribution >= 4 is 21.4 Å². The van der Waals surface area contributed by atoms with Gasteiger partial charge in [-0.2, -0.15) is 0 Å². The van der Waals surface area contributed by atoms with Gasteiger partial charge < -0.3 is 10.1 Å². The van der Waals surface area contributed by atoms with Crippen molar-refractivity contribution in [2.24, 2.45) is 0 Å². The van der Waals surface area contributed by atoms with Crippen molar-refractivity contribution in [3.63, 3.8) is 0 Å². The summed E-state index contributed by atoms with van der Waals surface area (Å²) >= 11 is 1.80. The molecule has 0 aliphatic rings. The van der Waals surface area contributed by atoms with Crippen LogP contribution in [-0.2, 0) is 0 Å². The highest BCUT2D eigenvalue weighted by molar-refractivity contribution is 7.17. The third-order valence-electron chi connectivity index (χ3n) is 3.61. The average molecular weight is 297 g/mol. The second kappa shape index (κ2) is 6.29. The first-order valence-corrected chi connectivity index (χ1v) is 8.07. The predicted molar refractivity (Wildman–Crippen MR) is 90.3 cm³/mol. The van der Waals surface area contributed by atoms with Crippen molar-refractivity contribution < 1.29 is 4.74 Å². The highest BCUT2D eigenvalue weighted by Gasteiger charge is 2.16. The molecule has 21 heavy (non-hydrogen) atoms. The molecule has 2 nitrogen and oxygen atoms in total. The van der Waals surface area contributed by atoms with E-state index in [9.17, 15) is 0 Å². The Morgan fingerprint density at radius 1 is 1.14 bits per heavy atom. The minimum absolute atomic E-state index is 0.182. The monoisotopic (exact) mass is 297 g/mol. The van der Waals surface area contributed by atoms with Crippen LogP contribution < -0.4 is 10.1 Å². The summed E-state index contributed by atoms with van der Waals surface area (Å²) in [5, 5.41) is 7.01. The van der Waals surface area contributed by atoms with E-state index in [1.165, 1.54) is 21.2 Å². The Morgan fingerprint density at radius 2 is 2.00 bits per heavy atom. The molecule has 0 aliphatic carbocycles. The van der Waals surface area contributed by atoms with Crippen LogP contribution in [0.15, 0.2) is 53.9 Å². The molecule has 1 N–H and O–H groups in total. The maximum atomic E-state index is 5.62. The molecule has 1 aromatic heterocycles. The Balaban J connectivity index is 2.03. The summed E-state index contributed by atoms with van der Waals surface area (Å²) < 4.78 is 6.95. The number of fused-ring (bicyclic) bond motifs is 1. The van der Waals surface area contributed by atoms with E-state index < -0.39 is 0 Å². The van der Waals surface area contributed by atoms with Crippen LogP contribution in [0.25, 0.3) is 10.1 Å². The summed E-state index contributed by atoms with van der Waals surface area (Å²) in [5.74, 6) is 0.926. The van der Waals surface area contributed by atoms with Crippen LogP contribution in [0, 0.1) is 0 Å². The number of benzene rings is 2. The molecule has 1 atom stereocenters. The van der Waals surface area contributed by atoms with E-state index in [0.717, 1.165) is 5.75 Å². The summed E-state index contributed by atoms with van der Waals surface area (Å²) in [6.07, 6.45) is 0. The van der Waals surface area contributed by atoms with Crippen molar-refractivity contribution in [3.8, 4) is 5.75 Å². The molecular weight excluding hydrogens is 278 g/mol. The minimum Gasteiger partial charge on any atom is -0.494 e. The van der Waals surface area contributed by atoms with E-state index in [1.807, 2.05) is 20.0 Å². The maximum Gasteiger partial charge on any atom is 0.119 e. The molecule has 2 aromatic carbocycles. The lowest BCUT2D eigenvalue weighted by Crippen LogP contribution is -2.17. The van der Waals surface area contributed by atoms with Gasteiger partial charge in [0.25, 0.3) is 0 Å². The second-order valence-electron chi connectivity index (χ2n) is 4.91. The van der Waals surface area contributed by atoms with Gasteiger partial charge in [0, 0.05) is 4.70 Å². The van der Waals surface area contributed by atoms with E-state index in [0.29, 0.717) is 6.61 Å². The third kappa shape index (κ3) is 2.80. The fraction of sp³-hybridized carbons (Fsp3) is 0.222. The van der Waals surface area contributed by atoms with Gasteiger partial charge in [0.15, 0.2) is 0 Å². The lowest BCUT2D eigenvalue weighted by molar-refractivity contribution is 0.339. The lowest BCUT2D eigenvalue weighted by atomic mass is 9.98. The Bertz CT molecular complexity index is 735. The number of nitrogens with one attached hydrogen (secondary N) is 1. The van der Waals surface area contributed by atoms with Gasteiger partial charge in [-0.15, -0.1) is 11.3 Å². The molecule has 1 heterocycles. The van der Waals surface area contributed by atoms with Crippen LogP contribution in [-0.4, -0.2) is 13.7 Å². The van der Waals surface area contributed by atoms with Crippen molar-refractivity contribution in [1.82, 2.24) is 5.32 Å². The first kappa shape index (κ1) is 14.1. The summed E-state index contributed by atoms with van der Waals surface area (Å²) in [6, 6.07) is 17.1. The van der Waals surface area contributed by atoms with Gasteiger partial charge in [0.05, 0.1) is 12.6 Å². The molecule has 3 rings (SSSR count). The fourth-order valence-electron chi connectivity index (χ4n) is 2.67. The van der Waals surface area contributed by atoms with Gasteiger partial charge in [-0.1, -0.05) is 30.3 Å². The van der Waals surface area contributed by atoms with Crippen molar-refractivity contribution in [2.75, 3.05) is 13.7 Å². The molecule has 0 saturated heterocycles. The highest BCUT2D eigenvalue weighted by Crippen LogP contribution is 2.34. The van der Waals surface area contributed by atoms with Crippen molar-refractivity contribution in [1.29, 1.82) is 0 Å². The highest BCUT2D eigenvalue weighted by atomic mass is 32.1. The molecule has 0 bridgehead atoms. The van der Waals surface area contributed by atoms with E-state index in [2.05, 4.69) is 53.2 Å². The largest absolute Gasteiger partial charge is 0.494 e. The number of rotatable bonds is 5. The van der Waals surface area contributed by atoms with Gasteiger partial charge in [-0.3, -0.25) is 0 Å². The quantitative estimate of drug-likeness (QED) is 0.742. The van der Waals surface area contributed by atoms with Crippen LogP contribution >= 0.6 is 11.3 Å². The summed E-state index contributed by atoms with van der Waals surface area (Å²) in [5.41, 5.74) is 2.55. The molecular formula is C18H19NOS. The van der Waals surface area contributed by atoms with Gasteiger partial charge in [-0.05, 0) is 54.1 Å². The summed E-state index contributed by atoms with van der Waals surface area (Å²) in [7, 11) is 2.00. The second-order valence-corrected chi connectivity index (χ2v) is 5.83. The zero-order chi connectivity index (χ0) is 14.7. The molecule has 1 unspecified atom stereocenters. The number of thiophene rings is 1. The Labute approximate surface area is 129 Å².